The molecule has 1 atom stereocenters. The van der Waals surface area contributed by atoms with Gasteiger partial charge in [0.25, 0.3) is 5.91 Å². The van der Waals surface area contributed by atoms with E-state index in [1.54, 1.807) is 13.0 Å². The summed E-state index contributed by atoms with van der Waals surface area (Å²) in [6.07, 6.45) is -0.653. The number of thiophene rings is 1. The maximum atomic E-state index is 12.2. The Kier molecular flexibility index (Phi) is 5.00. The third kappa shape index (κ3) is 4.16. The normalized spacial score (nSPS) is 11.9. The summed E-state index contributed by atoms with van der Waals surface area (Å²) in [5.41, 5.74) is 0. The van der Waals surface area contributed by atoms with E-state index in [1.807, 2.05) is 42.5 Å². The summed E-state index contributed by atoms with van der Waals surface area (Å²) in [6, 6.07) is 16.8. The highest BCUT2D eigenvalue weighted by atomic mass is 32.1. The molecule has 1 amide bonds. The first-order valence-corrected chi connectivity index (χ1v) is 8.60. The molecule has 0 saturated carbocycles. The Morgan fingerprint density at radius 3 is 2.60 bits per heavy atom. The first kappa shape index (κ1) is 17.0. The van der Waals surface area contributed by atoms with Crippen LogP contribution in [0.1, 0.15) is 21.5 Å². The zero-order valence-corrected chi connectivity index (χ0v) is 14.4. The van der Waals surface area contributed by atoms with Gasteiger partial charge in [0.15, 0.2) is 6.10 Å². The lowest BCUT2D eigenvalue weighted by Crippen LogP contribution is -2.35. The van der Waals surface area contributed by atoms with Gasteiger partial charge in [-0.1, -0.05) is 30.3 Å². The van der Waals surface area contributed by atoms with Gasteiger partial charge in [-0.05, 0) is 42.0 Å². The van der Waals surface area contributed by atoms with Gasteiger partial charge in [-0.25, -0.2) is 4.79 Å². The Labute approximate surface area is 148 Å². The number of carboxylic acids is 1. The SMILES string of the molecule is C[C@H](Oc1ccc2ccccc2c1)C(=O)NCc1ccc(C(=O)O)s1. The molecule has 128 valence electrons. The number of carbonyl (C=O) groups excluding carboxylic acids is 1. The van der Waals surface area contributed by atoms with Crippen LogP contribution in [0.5, 0.6) is 5.75 Å². The molecule has 6 heteroatoms. The molecule has 0 fully saturated rings. The minimum absolute atomic E-state index is 0.251. The maximum Gasteiger partial charge on any atom is 0.345 e. The number of amides is 1. The zero-order valence-electron chi connectivity index (χ0n) is 13.6. The molecule has 0 aliphatic carbocycles. The van der Waals surface area contributed by atoms with Crippen LogP contribution < -0.4 is 10.1 Å². The molecule has 1 aromatic heterocycles. The largest absolute Gasteiger partial charge is 0.481 e. The van der Waals surface area contributed by atoms with Crippen LogP contribution in [-0.4, -0.2) is 23.1 Å². The smallest absolute Gasteiger partial charge is 0.345 e. The van der Waals surface area contributed by atoms with Gasteiger partial charge < -0.3 is 15.2 Å². The number of hydrogen-bond acceptors (Lipinski definition) is 4. The highest BCUT2D eigenvalue weighted by Crippen LogP contribution is 2.21. The van der Waals surface area contributed by atoms with Crippen molar-refractivity contribution in [3.63, 3.8) is 0 Å². The summed E-state index contributed by atoms with van der Waals surface area (Å²) in [7, 11) is 0. The third-order valence-corrected chi connectivity index (χ3v) is 4.79. The van der Waals surface area contributed by atoms with Crippen molar-refractivity contribution < 1.29 is 19.4 Å². The second-order valence-electron chi connectivity index (χ2n) is 5.56. The van der Waals surface area contributed by atoms with Gasteiger partial charge in [-0.3, -0.25) is 4.79 Å². The Bertz CT molecular complexity index is 918. The monoisotopic (exact) mass is 355 g/mol. The van der Waals surface area contributed by atoms with Gasteiger partial charge in [0, 0.05) is 4.88 Å². The fraction of sp³-hybridized carbons (Fsp3) is 0.158. The summed E-state index contributed by atoms with van der Waals surface area (Å²) in [4.78, 5) is 24.1. The predicted molar refractivity (Wildman–Crippen MR) is 97.2 cm³/mol. The van der Waals surface area contributed by atoms with E-state index in [-0.39, 0.29) is 17.3 Å². The van der Waals surface area contributed by atoms with Crippen molar-refractivity contribution in [3.05, 3.63) is 64.4 Å². The first-order chi connectivity index (χ1) is 12.0. The molecule has 0 radical (unpaired) electrons. The van der Waals surface area contributed by atoms with Crippen molar-refractivity contribution in [1.82, 2.24) is 5.32 Å². The van der Waals surface area contributed by atoms with E-state index in [0.29, 0.717) is 5.75 Å². The molecule has 5 nitrogen and oxygen atoms in total. The molecular formula is C19H17NO4S. The van der Waals surface area contributed by atoms with Crippen molar-refractivity contribution in [2.75, 3.05) is 0 Å². The second kappa shape index (κ2) is 7.36. The van der Waals surface area contributed by atoms with Crippen LogP contribution in [0.3, 0.4) is 0 Å². The number of aromatic carboxylic acids is 1. The molecular weight excluding hydrogens is 338 g/mol. The molecule has 0 aliphatic heterocycles. The number of carboxylic acid groups (broad SMARTS) is 1. The Hall–Kier alpha value is -2.86. The van der Waals surface area contributed by atoms with Crippen molar-refractivity contribution >= 4 is 34.0 Å². The molecule has 3 aromatic rings. The fourth-order valence-electron chi connectivity index (χ4n) is 2.40. The number of carbonyl (C=O) groups is 2. The van der Waals surface area contributed by atoms with Crippen molar-refractivity contribution in [2.45, 2.75) is 19.6 Å². The van der Waals surface area contributed by atoms with Crippen molar-refractivity contribution in [2.24, 2.45) is 0 Å². The lowest BCUT2D eigenvalue weighted by atomic mass is 10.1. The molecule has 2 N–H and O–H groups in total. The number of hydrogen-bond donors (Lipinski definition) is 2. The quantitative estimate of drug-likeness (QED) is 0.707. The molecule has 3 rings (SSSR count). The lowest BCUT2D eigenvalue weighted by Gasteiger charge is -2.15. The average molecular weight is 355 g/mol. The molecule has 0 bridgehead atoms. The van der Waals surface area contributed by atoms with E-state index in [9.17, 15) is 9.59 Å². The van der Waals surface area contributed by atoms with Gasteiger partial charge in [-0.15, -0.1) is 11.3 Å². The van der Waals surface area contributed by atoms with Crippen LogP contribution in [0.2, 0.25) is 0 Å². The minimum Gasteiger partial charge on any atom is -0.481 e. The van der Waals surface area contributed by atoms with Crippen LogP contribution in [0.4, 0.5) is 0 Å². The van der Waals surface area contributed by atoms with Crippen LogP contribution in [0.15, 0.2) is 54.6 Å². The summed E-state index contributed by atoms with van der Waals surface area (Å²) >= 11 is 1.14. The Morgan fingerprint density at radius 2 is 1.88 bits per heavy atom. The number of fused-ring (bicyclic) bond motifs is 1. The summed E-state index contributed by atoms with van der Waals surface area (Å²) in [5, 5.41) is 13.8. The fourth-order valence-corrected chi connectivity index (χ4v) is 3.19. The summed E-state index contributed by atoms with van der Waals surface area (Å²) < 4.78 is 5.71. The van der Waals surface area contributed by atoms with Crippen LogP contribution in [0, 0.1) is 0 Å². The van der Waals surface area contributed by atoms with Crippen LogP contribution in [-0.2, 0) is 11.3 Å². The summed E-state index contributed by atoms with van der Waals surface area (Å²) in [6.45, 7) is 1.96. The number of ether oxygens (including phenoxy) is 1. The van der Waals surface area contributed by atoms with Crippen LogP contribution >= 0.6 is 11.3 Å². The summed E-state index contributed by atoms with van der Waals surface area (Å²) in [5.74, 6) is -0.584. The van der Waals surface area contributed by atoms with Gasteiger partial charge in [0.05, 0.1) is 6.54 Å². The molecule has 0 saturated heterocycles. The predicted octanol–water partition coefficient (Wildman–Crippen LogP) is 3.68. The van der Waals surface area contributed by atoms with Gasteiger partial charge in [0.1, 0.15) is 10.6 Å². The number of benzene rings is 2. The van der Waals surface area contributed by atoms with E-state index in [0.717, 1.165) is 27.0 Å². The van der Waals surface area contributed by atoms with Gasteiger partial charge in [-0.2, -0.15) is 0 Å². The molecule has 1 heterocycles. The van der Waals surface area contributed by atoms with E-state index in [1.165, 1.54) is 6.07 Å². The van der Waals surface area contributed by atoms with E-state index >= 15 is 0 Å². The first-order valence-electron chi connectivity index (χ1n) is 7.78. The highest BCUT2D eigenvalue weighted by molar-refractivity contribution is 7.13. The standard InChI is InChI=1S/C19H17NO4S/c1-12(18(21)20-11-16-8-9-17(25-16)19(22)23)24-15-7-6-13-4-2-3-5-14(13)10-15/h2-10,12H,11H2,1H3,(H,20,21)(H,22,23)/t12-/m0/s1. The van der Waals surface area contributed by atoms with Crippen molar-refractivity contribution in [3.8, 4) is 5.75 Å². The molecule has 25 heavy (non-hydrogen) atoms. The zero-order chi connectivity index (χ0) is 17.8. The Morgan fingerprint density at radius 1 is 1.12 bits per heavy atom. The molecule has 0 aliphatic rings. The third-order valence-electron chi connectivity index (χ3n) is 3.71. The van der Waals surface area contributed by atoms with Gasteiger partial charge in [0.2, 0.25) is 0 Å². The second-order valence-corrected chi connectivity index (χ2v) is 6.73. The topological polar surface area (TPSA) is 75.6 Å². The number of nitrogens with one attached hydrogen (secondary N) is 1. The highest BCUT2D eigenvalue weighted by Gasteiger charge is 2.15. The molecule has 0 unspecified atom stereocenters. The van der Waals surface area contributed by atoms with Crippen molar-refractivity contribution in [1.29, 1.82) is 0 Å². The number of rotatable bonds is 6. The average Bonchev–Trinajstić information content (AvgIpc) is 3.09. The van der Waals surface area contributed by atoms with Gasteiger partial charge >= 0.3 is 5.97 Å². The maximum absolute atomic E-state index is 12.2. The molecule has 2 aromatic carbocycles. The lowest BCUT2D eigenvalue weighted by molar-refractivity contribution is -0.127. The molecule has 0 spiro atoms. The Balaban J connectivity index is 1.58. The van der Waals surface area contributed by atoms with Crippen LogP contribution in [0.25, 0.3) is 10.8 Å². The van der Waals surface area contributed by atoms with E-state index in [4.69, 9.17) is 9.84 Å². The van der Waals surface area contributed by atoms with E-state index < -0.39 is 12.1 Å². The van der Waals surface area contributed by atoms with E-state index in [2.05, 4.69) is 5.32 Å². The minimum atomic E-state index is -0.962.